The van der Waals surface area contributed by atoms with Gasteiger partial charge in [0.1, 0.15) is 5.75 Å². The summed E-state index contributed by atoms with van der Waals surface area (Å²) in [4.78, 5) is 12.7. The molecule has 172 valence electrons. The van der Waals surface area contributed by atoms with E-state index in [9.17, 15) is 13.2 Å². The Labute approximate surface area is 194 Å². The lowest BCUT2D eigenvalue weighted by atomic mass is 10.0. The maximum Gasteiger partial charge on any atom is 0.242 e. The minimum Gasteiger partial charge on any atom is -0.497 e. The number of ether oxygens (including phenoxy) is 1. The lowest BCUT2D eigenvalue weighted by Gasteiger charge is -2.18. The van der Waals surface area contributed by atoms with E-state index < -0.39 is 22.0 Å². The van der Waals surface area contributed by atoms with Crippen LogP contribution in [0.25, 0.3) is 0 Å². The molecule has 0 aromatic heterocycles. The van der Waals surface area contributed by atoms with Gasteiger partial charge >= 0.3 is 0 Å². The zero-order valence-corrected chi connectivity index (χ0v) is 19.6. The van der Waals surface area contributed by atoms with E-state index in [-0.39, 0.29) is 11.3 Å². The van der Waals surface area contributed by atoms with Gasteiger partial charge in [0.25, 0.3) is 0 Å². The average molecular weight is 466 g/mol. The molecule has 7 nitrogen and oxygen atoms in total. The van der Waals surface area contributed by atoms with Crippen LogP contribution in [0.3, 0.4) is 0 Å². The van der Waals surface area contributed by atoms with Crippen molar-refractivity contribution in [3.05, 3.63) is 95.1 Å². The highest BCUT2D eigenvalue weighted by Crippen LogP contribution is 2.21. The molecule has 0 saturated heterocycles. The topological polar surface area (TPSA) is 96.9 Å². The third-order valence-corrected chi connectivity index (χ3v) is 6.58. The molecule has 0 aliphatic rings. The average Bonchev–Trinajstić information content (AvgIpc) is 2.80. The number of rotatable bonds is 9. The molecule has 0 radical (unpaired) electrons. The van der Waals surface area contributed by atoms with Gasteiger partial charge in [0.05, 0.1) is 24.3 Å². The second kappa shape index (κ2) is 10.9. The number of nitrogens with one attached hydrogen (secondary N) is 2. The Morgan fingerprint density at radius 1 is 1.03 bits per heavy atom. The summed E-state index contributed by atoms with van der Waals surface area (Å²) in [6.07, 6.45) is 1.43. The van der Waals surface area contributed by atoms with Crippen LogP contribution in [0.15, 0.2) is 82.8 Å². The summed E-state index contributed by atoms with van der Waals surface area (Å²) in [6, 6.07) is 20.3. The SMILES string of the molecule is COc1ccc(/C=N\NC(=O)C[C@H](NS(=O)(=O)c2ccc(C)cc2)c2ccccc2)c(C)c1. The Hall–Kier alpha value is -3.49. The number of hydrazone groups is 1. The van der Waals surface area contributed by atoms with Crippen molar-refractivity contribution in [3.63, 3.8) is 0 Å². The highest BCUT2D eigenvalue weighted by molar-refractivity contribution is 7.89. The highest BCUT2D eigenvalue weighted by Gasteiger charge is 2.23. The first kappa shape index (κ1) is 24.2. The predicted molar refractivity (Wildman–Crippen MR) is 129 cm³/mol. The van der Waals surface area contributed by atoms with Gasteiger partial charge in [-0.1, -0.05) is 48.0 Å². The molecule has 1 atom stereocenters. The molecule has 0 heterocycles. The summed E-state index contributed by atoms with van der Waals surface area (Å²) >= 11 is 0. The number of nitrogens with zero attached hydrogens (tertiary/aromatic N) is 1. The van der Waals surface area contributed by atoms with Crippen LogP contribution >= 0.6 is 0 Å². The van der Waals surface area contributed by atoms with Crippen LogP contribution in [-0.2, 0) is 14.8 Å². The summed E-state index contributed by atoms with van der Waals surface area (Å²) in [6.45, 7) is 3.80. The number of carbonyl (C=O) groups is 1. The van der Waals surface area contributed by atoms with Gasteiger partial charge in [-0.05, 0) is 60.9 Å². The molecule has 0 aliphatic heterocycles. The van der Waals surface area contributed by atoms with Crippen molar-refractivity contribution in [3.8, 4) is 5.75 Å². The quantitative estimate of drug-likeness (QED) is 0.370. The third-order valence-electron chi connectivity index (χ3n) is 5.09. The standard InChI is InChI=1S/C25H27N3O4S/c1-18-9-13-23(14-10-18)33(30,31)28-24(20-7-5-4-6-8-20)16-25(29)27-26-17-21-11-12-22(32-3)15-19(21)2/h4-15,17,24,28H,16H2,1-3H3,(H,27,29)/b26-17-/t24-/m0/s1. The van der Waals surface area contributed by atoms with E-state index in [1.54, 1.807) is 61.9 Å². The van der Waals surface area contributed by atoms with Crippen LogP contribution in [-0.4, -0.2) is 27.6 Å². The monoisotopic (exact) mass is 465 g/mol. The molecule has 0 unspecified atom stereocenters. The molecule has 3 rings (SSSR count). The highest BCUT2D eigenvalue weighted by atomic mass is 32.2. The summed E-state index contributed by atoms with van der Waals surface area (Å²) in [7, 11) is -2.23. The van der Waals surface area contributed by atoms with Gasteiger partial charge < -0.3 is 4.74 Å². The molecule has 8 heteroatoms. The fourth-order valence-corrected chi connectivity index (χ4v) is 4.43. The second-order valence-electron chi connectivity index (χ2n) is 7.62. The van der Waals surface area contributed by atoms with Crippen molar-refractivity contribution in [2.24, 2.45) is 5.10 Å². The van der Waals surface area contributed by atoms with Gasteiger partial charge in [-0.15, -0.1) is 0 Å². The van der Waals surface area contributed by atoms with Crippen molar-refractivity contribution in [2.45, 2.75) is 31.2 Å². The van der Waals surface area contributed by atoms with Crippen LogP contribution in [0.2, 0.25) is 0 Å². The van der Waals surface area contributed by atoms with E-state index in [0.717, 1.165) is 22.4 Å². The molecule has 0 saturated carbocycles. The number of aryl methyl sites for hydroxylation is 2. The van der Waals surface area contributed by atoms with Crippen LogP contribution in [0.4, 0.5) is 0 Å². The molecule has 0 spiro atoms. The first-order valence-corrected chi connectivity index (χ1v) is 11.9. The number of hydrogen-bond acceptors (Lipinski definition) is 5. The minimum atomic E-state index is -3.83. The maximum absolute atomic E-state index is 12.9. The van der Waals surface area contributed by atoms with Crippen LogP contribution in [0, 0.1) is 13.8 Å². The molecule has 3 aromatic carbocycles. The first-order valence-electron chi connectivity index (χ1n) is 10.4. The Morgan fingerprint density at radius 3 is 2.36 bits per heavy atom. The predicted octanol–water partition coefficient (Wildman–Crippen LogP) is 3.87. The molecule has 0 fully saturated rings. The van der Waals surface area contributed by atoms with Gasteiger partial charge in [-0.25, -0.2) is 18.6 Å². The molecular weight excluding hydrogens is 438 g/mol. The van der Waals surface area contributed by atoms with Gasteiger partial charge in [0.15, 0.2) is 0 Å². The summed E-state index contributed by atoms with van der Waals surface area (Å²) in [5, 5.41) is 4.03. The first-order chi connectivity index (χ1) is 15.8. The van der Waals surface area contributed by atoms with Crippen molar-refractivity contribution in [1.29, 1.82) is 0 Å². The normalized spacial score (nSPS) is 12.5. The minimum absolute atomic E-state index is 0.117. The molecule has 1 amide bonds. The molecule has 2 N–H and O–H groups in total. The Balaban J connectivity index is 1.73. The second-order valence-corrected chi connectivity index (χ2v) is 9.33. The molecule has 0 bridgehead atoms. The van der Waals surface area contributed by atoms with Crippen LogP contribution in [0.1, 0.15) is 34.7 Å². The Bertz CT molecular complexity index is 1220. The van der Waals surface area contributed by atoms with Gasteiger partial charge in [0, 0.05) is 6.42 Å². The Kier molecular flexibility index (Phi) is 7.97. The zero-order valence-electron chi connectivity index (χ0n) is 18.8. The summed E-state index contributed by atoms with van der Waals surface area (Å²) in [5.41, 5.74) is 5.89. The molecular formula is C25H27N3O4S. The van der Waals surface area contributed by atoms with E-state index in [1.807, 2.05) is 38.1 Å². The van der Waals surface area contributed by atoms with Crippen LogP contribution < -0.4 is 14.9 Å². The smallest absolute Gasteiger partial charge is 0.242 e. The van der Waals surface area contributed by atoms with Crippen LogP contribution in [0.5, 0.6) is 5.75 Å². The van der Waals surface area contributed by atoms with Crippen molar-refractivity contribution in [2.75, 3.05) is 7.11 Å². The Morgan fingerprint density at radius 2 is 1.73 bits per heavy atom. The van der Waals surface area contributed by atoms with E-state index in [0.29, 0.717) is 5.56 Å². The molecule has 3 aromatic rings. The van der Waals surface area contributed by atoms with E-state index >= 15 is 0 Å². The lowest BCUT2D eigenvalue weighted by Crippen LogP contribution is -2.32. The molecule has 0 aliphatic carbocycles. The summed E-state index contributed by atoms with van der Waals surface area (Å²) in [5.74, 6) is 0.318. The van der Waals surface area contributed by atoms with E-state index in [2.05, 4.69) is 15.2 Å². The number of benzene rings is 3. The third kappa shape index (κ3) is 6.74. The lowest BCUT2D eigenvalue weighted by molar-refractivity contribution is -0.121. The van der Waals surface area contributed by atoms with E-state index in [1.165, 1.54) is 0 Å². The van der Waals surface area contributed by atoms with Crippen molar-refractivity contribution >= 4 is 22.1 Å². The maximum atomic E-state index is 12.9. The number of hydrogen-bond donors (Lipinski definition) is 2. The number of amides is 1. The fourth-order valence-electron chi connectivity index (χ4n) is 3.21. The molecule has 33 heavy (non-hydrogen) atoms. The largest absolute Gasteiger partial charge is 0.497 e. The van der Waals surface area contributed by atoms with E-state index in [4.69, 9.17) is 4.74 Å². The van der Waals surface area contributed by atoms with Crippen molar-refractivity contribution < 1.29 is 17.9 Å². The van der Waals surface area contributed by atoms with Gasteiger partial charge in [0.2, 0.25) is 15.9 Å². The van der Waals surface area contributed by atoms with Crippen molar-refractivity contribution in [1.82, 2.24) is 10.1 Å². The zero-order chi connectivity index (χ0) is 23.8. The number of methoxy groups -OCH3 is 1. The fraction of sp³-hybridized carbons (Fsp3) is 0.200. The van der Waals surface area contributed by atoms with Gasteiger partial charge in [-0.3, -0.25) is 4.79 Å². The van der Waals surface area contributed by atoms with Gasteiger partial charge in [-0.2, -0.15) is 5.10 Å². The number of carbonyl (C=O) groups excluding carboxylic acids is 1. The summed E-state index contributed by atoms with van der Waals surface area (Å²) < 4.78 is 33.7. The number of sulfonamides is 1.